The van der Waals surface area contributed by atoms with Crippen LogP contribution in [-0.2, 0) is 14.4 Å². The monoisotopic (exact) mass is 572 g/mol. The van der Waals surface area contributed by atoms with E-state index in [4.69, 9.17) is 5.73 Å². The standard InChI is InChI=1S/C29H35F3N6O3/c1-37-23-10-6-5-9-22(23)25(19-7-3-2-4-8-19)35-26(28(37)41)36-27(40)20(11-14-29(30,31)32)17-24(39)34-18-38-15-12-21(33)13-16-38/h2-10,20-21,26H,11-18,33H2,1H3,(H,34,39)(H,36,40)/t20-,26-/m1/s1. The number of amides is 3. The van der Waals surface area contributed by atoms with Crippen molar-refractivity contribution in [3.63, 3.8) is 0 Å². The molecule has 12 heteroatoms. The van der Waals surface area contributed by atoms with Crippen molar-refractivity contribution in [2.24, 2.45) is 16.6 Å². The van der Waals surface area contributed by atoms with Gasteiger partial charge in [-0.15, -0.1) is 0 Å². The Hall–Kier alpha value is -3.77. The Kier molecular flexibility index (Phi) is 9.77. The van der Waals surface area contributed by atoms with Gasteiger partial charge in [0.25, 0.3) is 5.91 Å². The molecule has 0 aromatic heterocycles. The van der Waals surface area contributed by atoms with Gasteiger partial charge in [-0.2, -0.15) is 13.2 Å². The summed E-state index contributed by atoms with van der Waals surface area (Å²) in [6.45, 7) is 1.61. The van der Waals surface area contributed by atoms with Gasteiger partial charge in [-0.05, 0) is 25.3 Å². The number of benzene rings is 2. The Bertz CT molecular complexity index is 1260. The molecule has 0 spiro atoms. The predicted molar refractivity (Wildman–Crippen MR) is 149 cm³/mol. The number of carbonyl (C=O) groups is 3. The van der Waals surface area contributed by atoms with Crippen molar-refractivity contribution in [1.82, 2.24) is 15.5 Å². The summed E-state index contributed by atoms with van der Waals surface area (Å²) < 4.78 is 39.4. The predicted octanol–water partition coefficient (Wildman–Crippen LogP) is 2.79. The van der Waals surface area contributed by atoms with Crippen LogP contribution >= 0.6 is 0 Å². The highest BCUT2D eigenvalue weighted by molar-refractivity contribution is 6.20. The SMILES string of the molecule is CN1C(=O)[C@@H](NC(=O)[C@H](CCC(F)(F)F)CC(=O)NCN2CCC(N)CC2)N=C(c2ccccc2)c2ccccc21. The summed E-state index contributed by atoms with van der Waals surface area (Å²) in [5, 5.41) is 5.24. The lowest BCUT2D eigenvalue weighted by atomic mass is 9.97. The smallest absolute Gasteiger partial charge is 0.343 e. The molecule has 2 heterocycles. The molecule has 1 saturated heterocycles. The lowest BCUT2D eigenvalue weighted by Gasteiger charge is -2.30. The molecule has 0 saturated carbocycles. The molecule has 4 N–H and O–H groups in total. The number of nitrogens with two attached hydrogens (primary N) is 1. The zero-order chi connectivity index (χ0) is 29.6. The second-order valence-corrected chi connectivity index (χ2v) is 10.4. The van der Waals surface area contributed by atoms with Gasteiger partial charge in [0, 0.05) is 56.1 Å². The molecular weight excluding hydrogens is 537 g/mol. The molecule has 0 radical (unpaired) electrons. The van der Waals surface area contributed by atoms with Crippen LogP contribution in [0, 0.1) is 5.92 Å². The van der Waals surface area contributed by atoms with Crippen molar-refractivity contribution in [2.75, 3.05) is 31.7 Å². The number of piperidine rings is 1. The number of aliphatic imine (C=N–C) groups is 1. The number of carbonyl (C=O) groups excluding carboxylic acids is 3. The van der Waals surface area contributed by atoms with E-state index in [1.165, 1.54) is 4.90 Å². The quantitative estimate of drug-likeness (QED) is 0.427. The highest BCUT2D eigenvalue weighted by atomic mass is 19.4. The van der Waals surface area contributed by atoms with Crippen molar-refractivity contribution in [1.29, 1.82) is 0 Å². The summed E-state index contributed by atoms with van der Waals surface area (Å²) in [6.07, 6.45) is -6.65. The third-order valence-corrected chi connectivity index (χ3v) is 7.38. The molecule has 3 amide bonds. The number of nitrogens with zero attached hydrogens (tertiary/aromatic N) is 3. The zero-order valence-electron chi connectivity index (χ0n) is 22.9. The van der Waals surface area contributed by atoms with Crippen molar-refractivity contribution in [2.45, 2.75) is 50.5 Å². The van der Waals surface area contributed by atoms with Gasteiger partial charge in [0.1, 0.15) is 0 Å². The van der Waals surface area contributed by atoms with Crippen LogP contribution in [0.2, 0.25) is 0 Å². The average Bonchev–Trinajstić information content (AvgIpc) is 3.05. The van der Waals surface area contributed by atoms with E-state index in [1.54, 1.807) is 25.2 Å². The molecule has 2 aromatic rings. The van der Waals surface area contributed by atoms with Gasteiger partial charge >= 0.3 is 6.18 Å². The van der Waals surface area contributed by atoms with E-state index < -0.39 is 55.2 Å². The topological polar surface area (TPSA) is 120 Å². The van der Waals surface area contributed by atoms with E-state index in [0.29, 0.717) is 35.6 Å². The number of fused-ring (bicyclic) bond motifs is 1. The van der Waals surface area contributed by atoms with Crippen LogP contribution in [0.3, 0.4) is 0 Å². The maximum Gasteiger partial charge on any atom is 0.389 e. The largest absolute Gasteiger partial charge is 0.389 e. The highest BCUT2D eigenvalue weighted by Gasteiger charge is 2.35. The number of benzodiazepines with no additional fused rings is 1. The van der Waals surface area contributed by atoms with Crippen LogP contribution in [0.4, 0.5) is 18.9 Å². The highest BCUT2D eigenvalue weighted by Crippen LogP contribution is 2.28. The lowest BCUT2D eigenvalue weighted by molar-refractivity contribution is -0.144. The number of hydrogen-bond acceptors (Lipinski definition) is 6. The van der Waals surface area contributed by atoms with Crippen LogP contribution < -0.4 is 21.3 Å². The van der Waals surface area contributed by atoms with E-state index in [0.717, 1.165) is 12.8 Å². The molecule has 2 aromatic carbocycles. The van der Waals surface area contributed by atoms with Crippen LogP contribution in [0.15, 0.2) is 59.6 Å². The van der Waals surface area contributed by atoms with Gasteiger partial charge < -0.3 is 21.3 Å². The van der Waals surface area contributed by atoms with Gasteiger partial charge in [0.05, 0.1) is 18.1 Å². The van der Waals surface area contributed by atoms with E-state index in [-0.39, 0.29) is 12.7 Å². The minimum atomic E-state index is -4.51. The molecule has 2 aliphatic rings. The number of likely N-dealkylation sites (N-methyl/N-ethyl adjacent to an activating group) is 1. The number of rotatable bonds is 9. The number of alkyl halides is 3. The fourth-order valence-electron chi connectivity index (χ4n) is 4.97. The van der Waals surface area contributed by atoms with E-state index in [9.17, 15) is 27.6 Å². The van der Waals surface area contributed by atoms with Crippen LogP contribution in [0.1, 0.15) is 43.2 Å². The Morgan fingerprint density at radius 3 is 2.41 bits per heavy atom. The van der Waals surface area contributed by atoms with Gasteiger partial charge in [-0.1, -0.05) is 48.5 Å². The first-order valence-corrected chi connectivity index (χ1v) is 13.6. The van der Waals surface area contributed by atoms with Crippen LogP contribution in [-0.4, -0.2) is 73.5 Å². The van der Waals surface area contributed by atoms with Crippen molar-refractivity contribution in [3.05, 3.63) is 65.7 Å². The van der Waals surface area contributed by atoms with Crippen molar-refractivity contribution in [3.8, 4) is 0 Å². The van der Waals surface area contributed by atoms with E-state index in [1.807, 2.05) is 41.3 Å². The number of likely N-dealkylation sites (tertiary alicyclic amines) is 1. The van der Waals surface area contributed by atoms with Crippen molar-refractivity contribution >= 4 is 29.1 Å². The van der Waals surface area contributed by atoms with Gasteiger partial charge in [0.2, 0.25) is 18.0 Å². The number of para-hydroxylation sites is 1. The summed E-state index contributed by atoms with van der Waals surface area (Å²) >= 11 is 0. The fraction of sp³-hybridized carbons (Fsp3) is 0.448. The van der Waals surface area contributed by atoms with E-state index in [2.05, 4.69) is 15.6 Å². The minimum absolute atomic E-state index is 0.112. The van der Waals surface area contributed by atoms with Gasteiger partial charge in [-0.25, -0.2) is 4.99 Å². The van der Waals surface area contributed by atoms with E-state index >= 15 is 0 Å². The second-order valence-electron chi connectivity index (χ2n) is 10.4. The summed E-state index contributed by atoms with van der Waals surface area (Å²) in [4.78, 5) is 47.4. The summed E-state index contributed by atoms with van der Waals surface area (Å²) in [6, 6.07) is 16.3. The molecule has 0 bridgehead atoms. The fourth-order valence-corrected chi connectivity index (χ4v) is 4.97. The molecule has 2 atom stereocenters. The maximum atomic E-state index is 13.4. The molecule has 2 aliphatic heterocycles. The number of hydrogen-bond donors (Lipinski definition) is 3. The number of nitrogens with one attached hydrogen (secondary N) is 2. The molecule has 1 fully saturated rings. The molecule has 0 unspecified atom stereocenters. The molecular formula is C29H35F3N6O3. The van der Waals surface area contributed by atoms with Gasteiger partial charge in [0.15, 0.2) is 0 Å². The normalized spacial score (nSPS) is 19.1. The Morgan fingerprint density at radius 1 is 1.07 bits per heavy atom. The van der Waals surface area contributed by atoms with Gasteiger partial charge in [-0.3, -0.25) is 19.3 Å². The number of anilines is 1. The molecule has 9 nitrogen and oxygen atoms in total. The summed E-state index contributed by atoms with van der Waals surface area (Å²) in [5.74, 6) is -3.26. The lowest BCUT2D eigenvalue weighted by Crippen LogP contribution is -2.49. The Balaban J connectivity index is 1.53. The average molecular weight is 573 g/mol. The van der Waals surface area contributed by atoms with Crippen LogP contribution in [0.5, 0.6) is 0 Å². The minimum Gasteiger partial charge on any atom is -0.343 e. The zero-order valence-corrected chi connectivity index (χ0v) is 22.9. The summed E-state index contributed by atoms with van der Waals surface area (Å²) in [5.41, 5.74) is 8.30. The first-order chi connectivity index (χ1) is 19.5. The first-order valence-electron chi connectivity index (χ1n) is 13.6. The molecule has 4 rings (SSSR count). The molecule has 0 aliphatic carbocycles. The summed E-state index contributed by atoms with van der Waals surface area (Å²) in [7, 11) is 1.55. The Labute approximate surface area is 237 Å². The Morgan fingerprint density at radius 2 is 1.73 bits per heavy atom. The molecule has 220 valence electrons. The van der Waals surface area contributed by atoms with Crippen molar-refractivity contribution < 1.29 is 27.6 Å². The third kappa shape index (κ3) is 8.14. The first kappa shape index (κ1) is 30.2. The maximum absolute atomic E-state index is 13.4. The second kappa shape index (κ2) is 13.3. The third-order valence-electron chi connectivity index (χ3n) is 7.38. The number of halogens is 3. The van der Waals surface area contributed by atoms with Crippen LogP contribution in [0.25, 0.3) is 0 Å². The molecule has 41 heavy (non-hydrogen) atoms.